The molecule has 0 unspecified atom stereocenters. The van der Waals surface area contributed by atoms with Crippen molar-refractivity contribution in [1.82, 2.24) is 15.0 Å². The molecule has 0 aromatic carbocycles. The number of nitrogens with one attached hydrogen (secondary N) is 1. The molecule has 106 valence electrons. The quantitative estimate of drug-likeness (QED) is 0.904. The van der Waals surface area contributed by atoms with Gasteiger partial charge in [0.15, 0.2) is 5.82 Å². The number of aryl methyl sites for hydroxylation is 1. The van der Waals surface area contributed by atoms with Gasteiger partial charge in [-0.2, -0.15) is 0 Å². The van der Waals surface area contributed by atoms with Crippen LogP contribution in [0, 0.1) is 6.92 Å². The Morgan fingerprint density at radius 2 is 2.16 bits per heavy atom. The highest BCUT2D eigenvalue weighted by Crippen LogP contribution is 2.10. The third-order valence-corrected chi connectivity index (χ3v) is 3.35. The van der Waals surface area contributed by atoms with Crippen molar-refractivity contribution in [3.8, 4) is 0 Å². The summed E-state index contributed by atoms with van der Waals surface area (Å²) in [4.78, 5) is 16.2. The molecule has 1 N–H and O–H groups in total. The molecule has 0 spiro atoms. The summed E-state index contributed by atoms with van der Waals surface area (Å²) in [5.74, 6) is 1.18. The Hall–Kier alpha value is -1.56. The van der Waals surface area contributed by atoms with Crippen LogP contribution in [0.2, 0.25) is 0 Å². The van der Waals surface area contributed by atoms with Gasteiger partial charge in [0.2, 0.25) is 0 Å². The molecule has 0 radical (unpaired) electrons. The van der Waals surface area contributed by atoms with Gasteiger partial charge in [0, 0.05) is 32.2 Å². The number of piperazine rings is 1. The number of anilines is 1. The van der Waals surface area contributed by atoms with Gasteiger partial charge in [0.05, 0.1) is 0 Å². The lowest BCUT2D eigenvalue weighted by Crippen LogP contribution is -2.50. The Morgan fingerprint density at radius 3 is 2.74 bits per heavy atom. The second kappa shape index (κ2) is 6.56. The van der Waals surface area contributed by atoms with Gasteiger partial charge in [-0.25, -0.2) is 4.79 Å². The van der Waals surface area contributed by atoms with Crippen LogP contribution in [-0.2, 0) is 0 Å². The van der Waals surface area contributed by atoms with Crippen molar-refractivity contribution in [2.24, 2.45) is 0 Å². The Morgan fingerprint density at radius 1 is 1.42 bits per heavy atom. The number of nitrogens with zero attached hydrogens (tertiary/aromatic N) is 3. The molecule has 0 atom stereocenters. The maximum absolute atomic E-state index is 12.0. The van der Waals surface area contributed by atoms with Gasteiger partial charge < -0.3 is 9.42 Å². The third kappa shape index (κ3) is 3.96. The van der Waals surface area contributed by atoms with E-state index in [1.54, 1.807) is 13.0 Å². The van der Waals surface area contributed by atoms with Gasteiger partial charge in [-0.1, -0.05) is 18.5 Å². The van der Waals surface area contributed by atoms with Crippen molar-refractivity contribution in [3.05, 3.63) is 11.8 Å². The number of amides is 2. The summed E-state index contributed by atoms with van der Waals surface area (Å²) in [6.07, 6.45) is 2.44. The first-order valence-corrected chi connectivity index (χ1v) is 6.90. The van der Waals surface area contributed by atoms with Gasteiger partial charge in [-0.3, -0.25) is 10.2 Å². The molecule has 1 fully saturated rings. The molecule has 2 rings (SSSR count). The lowest BCUT2D eigenvalue weighted by molar-refractivity contribution is 0.146. The lowest BCUT2D eigenvalue weighted by Gasteiger charge is -2.34. The largest absolute Gasteiger partial charge is 0.360 e. The number of rotatable bonds is 4. The van der Waals surface area contributed by atoms with E-state index in [1.807, 2.05) is 4.90 Å². The Balaban J connectivity index is 1.76. The van der Waals surface area contributed by atoms with Crippen LogP contribution in [0.25, 0.3) is 0 Å². The third-order valence-electron chi connectivity index (χ3n) is 3.35. The van der Waals surface area contributed by atoms with Crippen LogP contribution in [-0.4, -0.2) is 53.7 Å². The minimum Gasteiger partial charge on any atom is -0.360 e. The fourth-order valence-corrected chi connectivity index (χ4v) is 2.17. The average Bonchev–Trinajstić information content (AvgIpc) is 2.82. The van der Waals surface area contributed by atoms with Crippen molar-refractivity contribution < 1.29 is 9.32 Å². The van der Waals surface area contributed by atoms with Gasteiger partial charge >= 0.3 is 6.03 Å². The van der Waals surface area contributed by atoms with E-state index >= 15 is 0 Å². The predicted octanol–water partition coefficient (Wildman–Crippen LogP) is 1.93. The molecule has 2 heterocycles. The molecule has 0 saturated carbocycles. The average molecular weight is 266 g/mol. The molecule has 1 aliphatic heterocycles. The summed E-state index contributed by atoms with van der Waals surface area (Å²) in [7, 11) is 0. The fourth-order valence-electron chi connectivity index (χ4n) is 2.17. The molecule has 6 heteroatoms. The van der Waals surface area contributed by atoms with Crippen LogP contribution in [0.15, 0.2) is 10.6 Å². The number of urea groups is 1. The van der Waals surface area contributed by atoms with E-state index < -0.39 is 0 Å². The van der Waals surface area contributed by atoms with Crippen molar-refractivity contribution >= 4 is 11.8 Å². The predicted molar refractivity (Wildman–Crippen MR) is 73.2 cm³/mol. The van der Waals surface area contributed by atoms with Crippen molar-refractivity contribution in [2.75, 3.05) is 38.0 Å². The zero-order chi connectivity index (χ0) is 13.7. The van der Waals surface area contributed by atoms with Crippen LogP contribution < -0.4 is 5.32 Å². The number of aromatic nitrogens is 1. The molecule has 0 aliphatic carbocycles. The van der Waals surface area contributed by atoms with E-state index in [0.29, 0.717) is 11.6 Å². The molecule has 1 aliphatic rings. The van der Waals surface area contributed by atoms with E-state index in [2.05, 4.69) is 22.3 Å². The fraction of sp³-hybridized carbons (Fsp3) is 0.692. The summed E-state index contributed by atoms with van der Waals surface area (Å²) >= 11 is 0. The van der Waals surface area contributed by atoms with E-state index in [0.717, 1.165) is 32.7 Å². The van der Waals surface area contributed by atoms with Crippen molar-refractivity contribution in [2.45, 2.75) is 26.7 Å². The van der Waals surface area contributed by atoms with E-state index in [1.165, 1.54) is 12.8 Å². The number of carbonyl (C=O) groups excluding carboxylic acids is 1. The minimum absolute atomic E-state index is 0.0940. The lowest BCUT2D eigenvalue weighted by atomic mass is 10.2. The molecule has 1 aromatic heterocycles. The molecule has 19 heavy (non-hydrogen) atoms. The summed E-state index contributed by atoms with van der Waals surface area (Å²) in [6, 6.07) is 1.62. The molecule has 1 saturated heterocycles. The molecule has 6 nitrogen and oxygen atoms in total. The monoisotopic (exact) mass is 266 g/mol. The highest BCUT2D eigenvalue weighted by Gasteiger charge is 2.21. The first-order chi connectivity index (χ1) is 9.19. The highest BCUT2D eigenvalue weighted by molar-refractivity contribution is 5.88. The molecule has 1 aromatic rings. The topological polar surface area (TPSA) is 61.6 Å². The SMILES string of the molecule is CCCCN1CCN(C(=O)Nc2cc(C)on2)CC1. The summed E-state index contributed by atoms with van der Waals surface area (Å²) < 4.78 is 4.92. The van der Waals surface area contributed by atoms with E-state index in [-0.39, 0.29) is 6.03 Å². The highest BCUT2D eigenvalue weighted by atomic mass is 16.5. The van der Waals surface area contributed by atoms with E-state index in [4.69, 9.17) is 4.52 Å². The second-order valence-electron chi connectivity index (χ2n) is 4.94. The van der Waals surface area contributed by atoms with Gasteiger partial charge in [0.1, 0.15) is 5.76 Å². The van der Waals surface area contributed by atoms with Gasteiger partial charge in [0.25, 0.3) is 0 Å². The van der Waals surface area contributed by atoms with Crippen LogP contribution in [0.3, 0.4) is 0 Å². The summed E-state index contributed by atoms with van der Waals surface area (Å²) in [6.45, 7) is 8.57. The van der Waals surface area contributed by atoms with Gasteiger partial charge in [-0.05, 0) is 19.9 Å². The van der Waals surface area contributed by atoms with Gasteiger partial charge in [-0.15, -0.1) is 0 Å². The van der Waals surface area contributed by atoms with Crippen molar-refractivity contribution in [1.29, 1.82) is 0 Å². The maximum Gasteiger partial charge on any atom is 0.323 e. The maximum atomic E-state index is 12.0. The Kier molecular flexibility index (Phi) is 4.79. The molecular formula is C13H22N4O2. The number of unbranched alkanes of at least 4 members (excludes halogenated alkanes) is 1. The zero-order valence-corrected chi connectivity index (χ0v) is 11.7. The van der Waals surface area contributed by atoms with Crippen LogP contribution in [0.1, 0.15) is 25.5 Å². The Labute approximate surface area is 113 Å². The minimum atomic E-state index is -0.0940. The normalized spacial score (nSPS) is 16.6. The second-order valence-corrected chi connectivity index (χ2v) is 4.94. The molecule has 0 bridgehead atoms. The smallest absolute Gasteiger partial charge is 0.323 e. The standard InChI is InChI=1S/C13H22N4O2/c1-3-4-5-16-6-8-17(9-7-16)13(18)14-12-10-11(2)19-15-12/h10H,3-9H2,1-2H3,(H,14,15,18). The van der Waals surface area contributed by atoms with Crippen molar-refractivity contribution in [3.63, 3.8) is 0 Å². The van der Waals surface area contributed by atoms with E-state index in [9.17, 15) is 4.79 Å². The zero-order valence-electron chi connectivity index (χ0n) is 11.7. The first-order valence-electron chi connectivity index (χ1n) is 6.90. The number of hydrogen-bond acceptors (Lipinski definition) is 4. The van der Waals surface area contributed by atoms with Crippen LogP contribution in [0.4, 0.5) is 10.6 Å². The molecular weight excluding hydrogens is 244 g/mol. The Bertz CT molecular complexity index is 411. The summed E-state index contributed by atoms with van der Waals surface area (Å²) in [5.41, 5.74) is 0. The first kappa shape index (κ1) is 13.9. The van der Waals surface area contributed by atoms with Crippen LogP contribution in [0.5, 0.6) is 0 Å². The number of hydrogen-bond donors (Lipinski definition) is 1. The van der Waals surface area contributed by atoms with Crippen LogP contribution >= 0.6 is 0 Å². The number of carbonyl (C=O) groups is 1. The summed E-state index contributed by atoms with van der Waals surface area (Å²) in [5, 5.41) is 6.52. The molecule has 2 amide bonds.